The Labute approximate surface area is 86.7 Å². The van der Waals surface area contributed by atoms with Crippen molar-refractivity contribution in [1.82, 2.24) is 5.16 Å². The summed E-state index contributed by atoms with van der Waals surface area (Å²) in [6, 6.07) is 6.67. The van der Waals surface area contributed by atoms with Crippen molar-refractivity contribution >= 4 is 5.69 Å². The van der Waals surface area contributed by atoms with Gasteiger partial charge in [0.2, 0.25) is 0 Å². The Morgan fingerprint density at radius 3 is 2.73 bits per heavy atom. The smallest absolute Gasteiger partial charge is 0.159 e. The summed E-state index contributed by atoms with van der Waals surface area (Å²) in [5.74, 6) is 0.411. The van der Waals surface area contributed by atoms with Gasteiger partial charge < -0.3 is 10.3 Å². The lowest BCUT2D eigenvalue weighted by Gasteiger charge is -2.00. The van der Waals surface area contributed by atoms with Crippen LogP contribution in [0.5, 0.6) is 0 Å². The minimum atomic E-state index is -0.199. The molecule has 0 saturated carbocycles. The fourth-order valence-corrected chi connectivity index (χ4v) is 1.41. The molecular formula is C11H11FN2O. The van der Waals surface area contributed by atoms with Crippen LogP contribution in [0.4, 0.5) is 10.1 Å². The number of anilines is 1. The zero-order valence-corrected chi connectivity index (χ0v) is 8.11. The third-order valence-electron chi connectivity index (χ3n) is 2.26. The normalized spacial score (nSPS) is 10.5. The van der Waals surface area contributed by atoms with Gasteiger partial charge in [-0.05, 0) is 18.1 Å². The predicted molar refractivity (Wildman–Crippen MR) is 54.7 cm³/mol. The van der Waals surface area contributed by atoms with E-state index in [2.05, 4.69) is 5.16 Å². The summed E-state index contributed by atoms with van der Waals surface area (Å²) >= 11 is 0. The Kier molecular flexibility index (Phi) is 2.67. The number of aromatic nitrogens is 1. The minimum Gasteiger partial charge on any atom is -0.395 e. The number of nitrogen functional groups attached to an aromatic ring is 1. The lowest BCUT2D eigenvalue weighted by Crippen LogP contribution is -1.96. The number of nitrogens with zero attached hydrogens (tertiary/aromatic N) is 1. The highest BCUT2D eigenvalue weighted by atomic mass is 19.1. The van der Waals surface area contributed by atoms with Crippen LogP contribution in [-0.2, 0) is 12.8 Å². The summed E-state index contributed by atoms with van der Waals surface area (Å²) in [6.07, 6.45) is 2.58. The number of halogens is 1. The first kappa shape index (κ1) is 9.71. The van der Waals surface area contributed by atoms with E-state index in [0.717, 1.165) is 0 Å². The van der Waals surface area contributed by atoms with E-state index in [1.807, 2.05) is 6.07 Å². The van der Waals surface area contributed by atoms with Gasteiger partial charge in [0.1, 0.15) is 5.82 Å². The van der Waals surface area contributed by atoms with Gasteiger partial charge in [0.25, 0.3) is 0 Å². The maximum atomic E-state index is 13.2. The molecule has 2 N–H and O–H groups in total. The SMILES string of the molecule is Nc1cnoc1CCc1ccccc1F. The van der Waals surface area contributed by atoms with Crippen molar-refractivity contribution in [2.24, 2.45) is 0 Å². The fraction of sp³-hybridized carbons (Fsp3) is 0.182. The van der Waals surface area contributed by atoms with Crippen molar-refractivity contribution in [3.63, 3.8) is 0 Å². The molecule has 0 fully saturated rings. The molecule has 1 aromatic carbocycles. The van der Waals surface area contributed by atoms with Gasteiger partial charge in [-0.25, -0.2) is 4.39 Å². The van der Waals surface area contributed by atoms with E-state index in [0.29, 0.717) is 29.9 Å². The zero-order chi connectivity index (χ0) is 10.7. The van der Waals surface area contributed by atoms with Crippen molar-refractivity contribution in [1.29, 1.82) is 0 Å². The van der Waals surface area contributed by atoms with Crippen molar-refractivity contribution in [2.45, 2.75) is 12.8 Å². The largest absolute Gasteiger partial charge is 0.395 e. The highest BCUT2D eigenvalue weighted by Crippen LogP contribution is 2.15. The molecule has 0 saturated heterocycles. The van der Waals surface area contributed by atoms with Crippen molar-refractivity contribution in [3.05, 3.63) is 47.6 Å². The number of benzene rings is 1. The van der Waals surface area contributed by atoms with Gasteiger partial charge in [0.05, 0.1) is 11.9 Å². The second kappa shape index (κ2) is 4.13. The van der Waals surface area contributed by atoms with E-state index >= 15 is 0 Å². The van der Waals surface area contributed by atoms with Crippen molar-refractivity contribution in [2.75, 3.05) is 5.73 Å². The van der Waals surface area contributed by atoms with E-state index in [1.165, 1.54) is 12.3 Å². The first-order valence-corrected chi connectivity index (χ1v) is 4.70. The standard InChI is InChI=1S/C11H11FN2O/c12-9-4-2-1-3-8(9)5-6-11-10(13)7-14-15-11/h1-4,7H,5-6,13H2. The summed E-state index contributed by atoms with van der Waals surface area (Å²) in [5.41, 5.74) is 6.77. The average molecular weight is 206 g/mol. The van der Waals surface area contributed by atoms with Crippen LogP contribution in [0.3, 0.4) is 0 Å². The molecule has 0 aliphatic carbocycles. The summed E-state index contributed by atoms with van der Waals surface area (Å²) in [4.78, 5) is 0. The number of rotatable bonds is 3. The summed E-state index contributed by atoms with van der Waals surface area (Å²) in [7, 11) is 0. The molecule has 78 valence electrons. The van der Waals surface area contributed by atoms with Crippen LogP contribution in [0.25, 0.3) is 0 Å². The molecule has 0 unspecified atom stereocenters. The molecule has 15 heavy (non-hydrogen) atoms. The van der Waals surface area contributed by atoms with E-state index in [1.54, 1.807) is 12.1 Å². The number of aryl methyl sites for hydroxylation is 2. The maximum absolute atomic E-state index is 13.2. The molecule has 1 aromatic heterocycles. The molecule has 0 amide bonds. The molecule has 3 nitrogen and oxygen atoms in total. The second-order valence-electron chi connectivity index (χ2n) is 3.30. The van der Waals surface area contributed by atoms with E-state index in [9.17, 15) is 4.39 Å². The average Bonchev–Trinajstić information content (AvgIpc) is 2.63. The lowest BCUT2D eigenvalue weighted by atomic mass is 10.1. The van der Waals surface area contributed by atoms with Crippen molar-refractivity contribution < 1.29 is 8.91 Å². The molecular weight excluding hydrogens is 195 g/mol. The third kappa shape index (κ3) is 2.15. The third-order valence-corrected chi connectivity index (χ3v) is 2.26. The van der Waals surface area contributed by atoms with Crippen LogP contribution >= 0.6 is 0 Å². The first-order chi connectivity index (χ1) is 7.27. The van der Waals surface area contributed by atoms with Crippen LogP contribution in [0, 0.1) is 5.82 Å². The fourth-order valence-electron chi connectivity index (χ4n) is 1.41. The Bertz CT molecular complexity index is 453. The molecule has 4 heteroatoms. The molecule has 0 spiro atoms. The molecule has 0 aliphatic rings. The topological polar surface area (TPSA) is 52.0 Å². The van der Waals surface area contributed by atoms with Crippen molar-refractivity contribution in [3.8, 4) is 0 Å². The van der Waals surface area contributed by atoms with Crippen LogP contribution in [0.1, 0.15) is 11.3 Å². The number of nitrogens with two attached hydrogens (primary N) is 1. The van der Waals surface area contributed by atoms with Crippen LogP contribution in [-0.4, -0.2) is 5.16 Å². The summed E-state index contributed by atoms with van der Waals surface area (Å²) < 4.78 is 18.2. The molecule has 0 atom stereocenters. The monoisotopic (exact) mass is 206 g/mol. The van der Waals surface area contributed by atoms with Gasteiger partial charge in [-0.2, -0.15) is 0 Å². The molecule has 0 radical (unpaired) electrons. The van der Waals surface area contributed by atoms with E-state index < -0.39 is 0 Å². The van der Waals surface area contributed by atoms with Crippen LogP contribution in [0.2, 0.25) is 0 Å². The lowest BCUT2D eigenvalue weighted by molar-refractivity contribution is 0.383. The van der Waals surface area contributed by atoms with E-state index in [-0.39, 0.29) is 5.82 Å². The molecule has 2 aromatic rings. The number of hydrogen-bond acceptors (Lipinski definition) is 3. The molecule has 1 heterocycles. The molecule has 0 bridgehead atoms. The molecule has 2 rings (SSSR count). The Morgan fingerprint density at radius 1 is 1.27 bits per heavy atom. The van der Waals surface area contributed by atoms with Crippen LogP contribution in [0.15, 0.2) is 35.0 Å². The Morgan fingerprint density at radius 2 is 2.07 bits per heavy atom. The minimum absolute atomic E-state index is 0.199. The second-order valence-corrected chi connectivity index (χ2v) is 3.30. The quantitative estimate of drug-likeness (QED) is 0.837. The first-order valence-electron chi connectivity index (χ1n) is 4.70. The highest BCUT2D eigenvalue weighted by Gasteiger charge is 2.06. The van der Waals surface area contributed by atoms with Gasteiger partial charge in [-0.15, -0.1) is 0 Å². The predicted octanol–water partition coefficient (Wildman–Crippen LogP) is 2.18. The van der Waals surface area contributed by atoms with Crippen LogP contribution < -0.4 is 5.73 Å². The number of hydrogen-bond donors (Lipinski definition) is 1. The summed E-state index contributed by atoms with van der Waals surface area (Å²) in [6.45, 7) is 0. The Balaban J connectivity index is 2.06. The van der Waals surface area contributed by atoms with Gasteiger partial charge >= 0.3 is 0 Å². The van der Waals surface area contributed by atoms with Gasteiger partial charge in [-0.1, -0.05) is 23.4 Å². The molecule has 0 aliphatic heterocycles. The zero-order valence-electron chi connectivity index (χ0n) is 8.11. The van der Waals surface area contributed by atoms with Gasteiger partial charge in [-0.3, -0.25) is 0 Å². The van der Waals surface area contributed by atoms with E-state index in [4.69, 9.17) is 10.3 Å². The van der Waals surface area contributed by atoms with Gasteiger partial charge in [0.15, 0.2) is 5.76 Å². The Hall–Kier alpha value is -1.84. The summed E-state index contributed by atoms with van der Waals surface area (Å²) in [5, 5.41) is 3.56. The highest BCUT2D eigenvalue weighted by molar-refractivity contribution is 5.38. The van der Waals surface area contributed by atoms with Gasteiger partial charge in [0, 0.05) is 6.42 Å². The maximum Gasteiger partial charge on any atom is 0.159 e.